The number of benzene rings is 1. The van der Waals surface area contributed by atoms with Crippen LogP contribution < -0.4 is 10.5 Å². The van der Waals surface area contributed by atoms with E-state index in [0.717, 1.165) is 16.0 Å². The maximum Gasteiger partial charge on any atom is 0.240 e. The van der Waals surface area contributed by atoms with Crippen LogP contribution >= 0.6 is 11.3 Å². The van der Waals surface area contributed by atoms with Gasteiger partial charge >= 0.3 is 0 Å². The van der Waals surface area contributed by atoms with Crippen LogP contribution in [0.3, 0.4) is 0 Å². The molecule has 3 N–H and O–H groups in total. The Labute approximate surface area is 130 Å². The van der Waals surface area contributed by atoms with Gasteiger partial charge in [-0.15, -0.1) is 11.3 Å². The number of nitrogens with one attached hydrogen (secondary N) is 1. The van der Waals surface area contributed by atoms with Crippen LogP contribution in [0.25, 0.3) is 0 Å². The molecule has 6 heteroatoms. The van der Waals surface area contributed by atoms with Crippen molar-refractivity contribution in [1.82, 2.24) is 4.72 Å². The highest BCUT2D eigenvalue weighted by atomic mass is 32.2. The van der Waals surface area contributed by atoms with Crippen LogP contribution in [0.2, 0.25) is 0 Å². The van der Waals surface area contributed by atoms with E-state index in [2.05, 4.69) is 4.72 Å². The highest BCUT2D eigenvalue weighted by Crippen LogP contribution is 2.23. The van der Waals surface area contributed by atoms with Crippen molar-refractivity contribution in [2.24, 2.45) is 0 Å². The molecule has 0 amide bonds. The first kappa shape index (κ1) is 16.0. The molecule has 0 saturated carbocycles. The Balaban J connectivity index is 2.22. The molecule has 1 heterocycles. The molecule has 0 radical (unpaired) electrons. The Morgan fingerprint density at radius 3 is 2.29 bits per heavy atom. The third kappa shape index (κ3) is 3.45. The first-order valence-corrected chi connectivity index (χ1v) is 8.93. The Morgan fingerprint density at radius 2 is 1.76 bits per heavy atom. The van der Waals surface area contributed by atoms with Crippen molar-refractivity contribution in [1.29, 1.82) is 0 Å². The minimum atomic E-state index is -3.55. The van der Waals surface area contributed by atoms with Crippen molar-refractivity contribution >= 4 is 27.0 Å². The van der Waals surface area contributed by atoms with Gasteiger partial charge in [-0.1, -0.05) is 0 Å². The van der Waals surface area contributed by atoms with Crippen LogP contribution in [0.5, 0.6) is 0 Å². The zero-order valence-electron chi connectivity index (χ0n) is 12.6. The monoisotopic (exact) mass is 324 g/mol. The van der Waals surface area contributed by atoms with E-state index in [0.29, 0.717) is 12.2 Å². The quantitative estimate of drug-likeness (QED) is 0.849. The molecule has 0 atom stereocenters. The number of nitrogen functional groups attached to an aromatic ring is 1. The first-order chi connectivity index (χ1) is 9.70. The van der Waals surface area contributed by atoms with Crippen LogP contribution in [0.4, 0.5) is 5.69 Å². The second-order valence-corrected chi connectivity index (χ2v) is 8.34. The van der Waals surface area contributed by atoms with Gasteiger partial charge in [0.2, 0.25) is 10.0 Å². The Hall–Kier alpha value is -1.37. The van der Waals surface area contributed by atoms with E-state index < -0.39 is 10.0 Å². The minimum Gasteiger partial charge on any atom is -0.398 e. The highest BCUT2D eigenvalue weighted by molar-refractivity contribution is 7.89. The van der Waals surface area contributed by atoms with Gasteiger partial charge in [-0.2, -0.15) is 0 Å². The Bertz CT molecular complexity index is 734. The lowest BCUT2D eigenvalue weighted by molar-refractivity contribution is 0.581. The standard InChI is InChI=1S/C15H20N2O2S2/c1-9-6-14(7-15(16)11(9)3)21(18,19)17-8-13-5-10(2)12(4)20-13/h5-7,17H,8,16H2,1-4H3. The largest absolute Gasteiger partial charge is 0.398 e. The summed E-state index contributed by atoms with van der Waals surface area (Å²) in [4.78, 5) is 2.43. The maximum atomic E-state index is 12.4. The van der Waals surface area contributed by atoms with Crippen LogP contribution in [0, 0.1) is 27.7 Å². The second-order valence-electron chi connectivity index (χ2n) is 5.23. The minimum absolute atomic E-state index is 0.216. The number of sulfonamides is 1. The van der Waals surface area contributed by atoms with Crippen molar-refractivity contribution in [2.75, 3.05) is 5.73 Å². The van der Waals surface area contributed by atoms with E-state index in [1.165, 1.54) is 16.5 Å². The Kier molecular flexibility index (Phi) is 4.41. The van der Waals surface area contributed by atoms with Crippen molar-refractivity contribution in [3.05, 3.63) is 44.6 Å². The molecule has 0 aliphatic rings. The van der Waals surface area contributed by atoms with Gasteiger partial charge in [-0.25, -0.2) is 13.1 Å². The van der Waals surface area contributed by atoms with Gasteiger partial charge in [-0.3, -0.25) is 0 Å². The summed E-state index contributed by atoms with van der Waals surface area (Å²) in [5.41, 5.74) is 9.33. The Morgan fingerprint density at radius 1 is 1.10 bits per heavy atom. The van der Waals surface area contributed by atoms with Crippen LogP contribution in [-0.2, 0) is 16.6 Å². The smallest absolute Gasteiger partial charge is 0.240 e. The summed E-state index contributed by atoms with van der Waals surface area (Å²) in [6.45, 7) is 8.09. The molecular formula is C15H20N2O2S2. The lowest BCUT2D eigenvalue weighted by Crippen LogP contribution is -2.23. The molecule has 4 nitrogen and oxygen atoms in total. The highest BCUT2D eigenvalue weighted by Gasteiger charge is 2.16. The van der Waals surface area contributed by atoms with Crippen LogP contribution in [0.15, 0.2) is 23.1 Å². The maximum absolute atomic E-state index is 12.4. The van der Waals surface area contributed by atoms with Gasteiger partial charge in [0.1, 0.15) is 0 Å². The molecule has 0 fully saturated rings. The summed E-state index contributed by atoms with van der Waals surface area (Å²) in [5, 5.41) is 0. The average molecular weight is 324 g/mol. The summed E-state index contributed by atoms with van der Waals surface area (Å²) >= 11 is 1.61. The number of rotatable bonds is 4. The number of nitrogens with two attached hydrogens (primary N) is 1. The molecule has 114 valence electrons. The molecule has 2 aromatic rings. The van der Waals surface area contributed by atoms with E-state index in [4.69, 9.17) is 5.73 Å². The van der Waals surface area contributed by atoms with Crippen LogP contribution in [-0.4, -0.2) is 8.42 Å². The van der Waals surface area contributed by atoms with E-state index in [9.17, 15) is 8.42 Å². The fourth-order valence-electron chi connectivity index (χ4n) is 1.99. The van der Waals surface area contributed by atoms with Gasteiger partial charge < -0.3 is 5.73 Å². The lowest BCUT2D eigenvalue weighted by Gasteiger charge is -2.10. The van der Waals surface area contributed by atoms with Crippen LogP contribution in [0.1, 0.15) is 26.4 Å². The van der Waals surface area contributed by atoms with E-state index >= 15 is 0 Å². The summed E-state index contributed by atoms with van der Waals surface area (Å²) in [6.07, 6.45) is 0. The molecule has 21 heavy (non-hydrogen) atoms. The molecule has 0 saturated heterocycles. The third-order valence-electron chi connectivity index (χ3n) is 3.64. The molecular weight excluding hydrogens is 304 g/mol. The fourth-order valence-corrected chi connectivity index (χ4v) is 4.20. The van der Waals surface area contributed by atoms with Crippen molar-refractivity contribution in [3.63, 3.8) is 0 Å². The summed E-state index contributed by atoms with van der Waals surface area (Å²) < 4.78 is 27.3. The summed E-state index contributed by atoms with van der Waals surface area (Å²) in [5.74, 6) is 0. The zero-order valence-corrected chi connectivity index (χ0v) is 14.3. The summed E-state index contributed by atoms with van der Waals surface area (Å²) in [7, 11) is -3.55. The lowest BCUT2D eigenvalue weighted by atomic mass is 10.1. The van der Waals surface area contributed by atoms with Crippen molar-refractivity contribution < 1.29 is 8.42 Å². The average Bonchev–Trinajstić information content (AvgIpc) is 2.72. The third-order valence-corrected chi connectivity index (χ3v) is 6.18. The SMILES string of the molecule is Cc1cc(CNS(=O)(=O)c2cc(C)c(C)c(N)c2)sc1C. The predicted molar refractivity (Wildman–Crippen MR) is 88.1 cm³/mol. The van der Waals surface area contributed by atoms with Gasteiger partial charge in [0.25, 0.3) is 0 Å². The molecule has 0 unspecified atom stereocenters. The summed E-state index contributed by atoms with van der Waals surface area (Å²) in [6, 6.07) is 5.17. The molecule has 0 aliphatic carbocycles. The first-order valence-electron chi connectivity index (χ1n) is 6.63. The fraction of sp³-hybridized carbons (Fsp3) is 0.333. The van der Waals surface area contributed by atoms with Gasteiger partial charge in [0.05, 0.1) is 4.90 Å². The molecule has 0 aliphatic heterocycles. The number of hydrogen-bond acceptors (Lipinski definition) is 4. The van der Waals surface area contributed by atoms with Gasteiger partial charge in [0, 0.05) is 22.0 Å². The molecule has 0 bridgehead atoms. The van der Waals surface area contributed by atoms with E-state index in [-0.39, 0.29) is 4.90 Å². The van der Waals surface area contributed by atoms with Gasteiger partial charge in [0.15, 0.2) is 0 Å². The molecule has 1 aromatic carbocycles. The van der Waals surface area contributed by atoms with Gasteiger partial charge in [-0.05, 0) is 62.6 Å². The predicted octanol–water partition coefficient (Wildman–Crippen LogP) is 3.04. The van der Waals surface area contributed by atoms with E-state index in [1.54, 1.807) is 17.4 Å². The normalized spacial score (nSPS) is 11.8. The number of aryl methyl sites for hydroxylation is 3. The molecule has 1 aromatic heterocycles. The van der Waals surface area contributed by atoms with Crippen molar-refractivity contribution in [3.8, 4) is 0 Å². The van der Waals surface area contributed by atoms with Crippen molar-refractivity contribution in [2.45, 2.75) is 39.1 Å². The number of anilines is 1. The number of hydrogen-bond donors (Lipinski definition) is 2. The zero-order chi connectivity index (χ0) is 15.8. The number of thiophene rings is 1. The molecule has 2 rings (SSSR count). The van der Waals surface area contributed by atoms with E-state index in [1.807, 2.05) is 33.8 Å². The topological polar surface area (TPSA) is 72.2 Å². The second kappa shape index (κ2) is 5.79. The molecule has 0 spiro atoms.